The van der Waals surface area contributed by atoms with Crippen LogP contribution in [0.15, 0.2) is 24.3 Å². The Hall–Kier alpha value is -1.08. The smallest absolute Gasteiger partial charge is 0.0840 e. The highest BCUT2D eigenvalue weighted by Crippen LogP contribution is 2.32. The van der Waals surface area contributed by atoms with Crippen molar-refractivity contribution in [2.45, 2.75) is 38.7 Å². The second-order valence-corrected chi connectivity index (χ2v) is 6.07. The summed E-state index contributed by atoms with van der Waals surface area (Å²) in [6, 6.07) is 10.5. The maximum Gasteiger partial charge on any atom is 0.0840 e. The largest absolute Gasteiger partial charge is 0.386 e. The lowest BCUT2D eigenvalue weighted by atomic mass is 9.75. The van der Waals surface area contributed by atoms with Gasteiger partial charge in [-0.1, -0.05) is 24.3 Å². The summed E-state index contributed by atoms with van der Waals surface area (Å²) in [5, 5.41) is 22.7. The van der Waals surface area contributed by atoms with Gasteiger partial charge in [0.25, 0.3) is 0 Å². The summed E-state index contributed by atoms with van der Waals surface area (Å²) in [4.78, 5) is 0. The number of aliphatic hydroxyl groups is 1. The molecule has 0 amide bonds. The van der Waals surface area contributed by atoms with Crippen molar-refractivity contribution in [3.8, 4) is 6.07 Å². The monoisotopic (exact) mass is 294 g/mol. The lowest BCUT2D eigenvalue weighted by Gasteiger charge is -2.31. The summed E-state index contributed by atoms with van der Waals surface area (Å²) in [5.74, 6) is 0. The maximum absolute atomic E-state index is 9.94. The predicted octanol–water partition coefficient (Wildman–Crippen LogP) is 2.77. The Bertz CT molecular complexity index is 465. The van der Waals surface area contributed by atoms with Crippen LogP contribution in [0.3, 0.4) is 0 Å². The molecule has 20 heavy (non-hydrogen) atoms. The highest BCUT2D eigenvalue weighted by molar-refractivity contribution is 5.85. The summed E-state index contributed by atoms with van der Waals surface area (Å²) >= 11 is 0. The molecule has 0 atom stereocenters. The van der Waals surface area contributed by atoms with Crippen LogP contribution >= 0.6 is 12.4 Å². The first-order valence-corrected chi connectivity index (χ1v) is 6.89. The normalized spacial score (nSPS) is 17.9. The van der Waals surface area contributed by atoms with Crippen LogP contribution in [0.2, 0.25) is 0 Å². The number of nitrogens with one attached hydrogen (secondary N) is 1. The molecule has 1 aromatic carbocycles. The number of nitrogens with zero attached hydrogens (tertiary/aromatic N) is 1. The Morgan fingerprint density at radius 1 is 1.25 bits per heavy atom. The molecule has 0 radical (unpaired) electrons. The van der Waals surface area contributed by atoms with Crippen LogP contribution < -0.4 is 5.32 Å². The van der Waals surface area contributed by atoms with Gasteiger partial charge in [-0.3, -0.25) is 0 Å². The van der Waals surface area contributed by atoms with Crippen LogP contribution in [0.1, 0.15) is 37.8 Å². The number of hydrogen-bond acceptors (Lipinski definition) is 3. The van der Waals surface area contributed by atoms with E-state index in [-0.39, 0.29) is 17.8 Å². The zero-order chi connectivity index (χ0) is 13.9. The molecule has 1 heterocycles. The van der Waals surface area contributed by atoms with E-state index in [0.29, 0.717) is 0 Å². The van der Waals surface area contributed by atoms with E-state index in [0.717, 1.165) is 37.9 Å². The lowest BCUT2D eigenvalue weighted by Crippen LogP contribution is -2.37. The van der Waals surface area contributed by atoms with Crippen LogP contribution in [0.4, 0.5) is 0 Å². The Kier molecular flexibility index (Phi) is 5.59. The fraction of sp³-hybridized carbons (Fsp3) is 0.562. The number of rotatable bonds is 3. The predicted molar refractivity (Wildman–Crippen MR) is 82.8 cm³/mol. The first-order chi connectivity index (χ1) is 8.95. The zero-order valence-electron chi connectivity index (χ0n) is 12.1. The van der Waals surface area contributed by atoms with Gasteiger partial charge in [-0.2, -0.15) is 5.26 Å². The Morgan fingerprint density at radius 3 is 2.25 bits per heavy atom. The van der Waals surface area contributed by atoms with E-state index in [4.69, 9.17) is 0 Å². The molecule has 0 bridgehead atoms. The molecular formula is C16H23ClN2O. The highest BCUT2D eigenvalue weighted by Gasteiger charge is 2.32. The summed E-state index contributed by atoms with van der Waals surface area (Å²) in [6.07, 6.45) is 2.63. The molecule has 1 aliphatic heterocycles. The van der Waals surface area contributed by atoms with Gasteiger partial charge in [0, 0.05) is 0 Å². The van der Waals surface area contributed by atoms with Gasteiger partial charge in [0.2, 0.25) is 0 Å². The minimum atomic E-state index is -0.805. The highest BCUT2D eigenvalue weighted by atomic mass is 35.5. The first kappa shape index (κ1) is 17.0. The first-order valence-electron chi connectivity index (χ1n) is 6.89. The topological polar surface area (TPSA) is 56.0 Å². The van der Waals surface area contributed by atoms with Crippen LogP contribution in [0, 0.1) is 16.7 Å². The molecule has 3 nitrogen and oxygen atoms in total. The van der Waals surface area contributed by atoms with Crippen molar-refractivity contribution in [1.29, 1.82) is 5.26 Å². The fourth-order valence-electron chi connectivity index (χ4n) is 2.65. The molecule has 1 aliphatic rings. The van der Waals surface area contributed by atoms with Gasteiger partial charge in [-0.15, -0.1) is 12.4 Å². The molecule has 2 rings (SSSR count). The minimum Gasteiger partial charge on any atom is -0.386 e. The second-order valence-electron chi connectivity index (χ2n) is 6.07. The van der Waals surface area contributed by atoms with Crippen molar-refractivity contribution >= 4 is 12.4 Å². The van der Waals surface area contributed by atoms with Crippen molar-refractivity contribution in [3.05, 3.63) is 35.4 Å². The summed E-state index contributed by atoms with van der Waals surface area (Å²) in [7, 11) is 0. The van der Waals surface area contributed by atoms with E-state index in [1.807, 2.05) is 24.3 Å². The molecule has 0 aliphatic carbocycles. The van der Waals surface area contributed by atoms with E-state index >= 15 is 0 Å². The molecular weight excluding hydrogens is 272 g/mol. The van der Waals surface area contributed by atoms with Crippen LogP contribution in [-0.4, -0.2) is 18.2 Å². The number of hydrogen-bond donors (Lipinski definition) is 2. The lowest BCUT2D eigenvalue weighted by molar-refractivity contribution is 0.0786. The molecule has 110 valence electrons. The van der Waals surface area contributed by atoms with Crippen LogP contribution in [-0.2, 0) is 12.0 Å². The average Bonchev–Trinajstić information content (AvgIpc) is 2.39. The summed E-state index contributed by atoms with van der Waals surface area (Å²) < 4.78 is 0. The van der Waals surface area contributed by atoms with E-state index in [1.54, 1.807) is 13.8 Å². The molecule has 1 aromatic rings. The number of piperidine rings is 1. The van der Waals surface area contributed by atoms with E-state index < -0.39 is 5.60 Å². The van der Waals surface area contributed by atoms with Crippen molar-refractivity contribution in [2.75, 3.05) is 13.1 Å². The van der Waals surface area contributed by atoms with Gasteiger partial charge in [-0.25, -0.2) is 0 Å². The van der Waals surface area contributed by atoms with Gasteiger partial charge in [0.05, 0.1) is 17.1 Å². The van der Waals surface area contributed by atoms with Gasteiger partial charge in [0.15, 0.2) is 0 Å². The number of nitriles is 1. The van der Waals surface area contributed by atoms with E-state index in [9.17, 15) is 10.4 Å². The molecule has 4 heteroatoms. The number of halogens is 1. The minimum absolute atomic E-state index is 0. The zero-order valence-corrected chi connectivity index (χ0v) is 13.0. The second kappa shape index (κ2) is 6.58. The Balaban J connectivity index is 0.00000200. The molecule has 0 aromatic heterocycles. The van der Waals surface area contributed by atoms with E-state index in [1.165, 1.54) is 5.56 Å². The Labute approximate surface area is 127 Å². The van der Waals surface area contributed by atoms with Crippen molar-refractivity contribution in [1.82, 2.24) is 5.32 Å². The average molecular weight is 295 g/mol. The van der Waals surface area contributed by atoms with Gasteiger partial charge < -0.3 is 10.4 Å². The summed E-state index contributed by atoms with van der Waals surface area (Å²) in [5.41, 5.74) is 1.06. The van der Waals surface area contributed by atoms with Crippen LogP contribution in [0.5, 0.6) is 0 Å². The molecule has 0 spiro atoms. The molecule has 1 fully saturated rings. The third kappa shape index (κ3) is 3.96. The Morgan fingerprint density at radius 2 is 1.80 bits per heavy atom. The quantitative estimate of drug-likeness (QED) is 0.901. The molecule has 0 unspecified atom stereocenters. The third-order valence-corrected chi connectivity index (χ3v) is 4.00. The number of benzene rings is 1. The van der Waals surface area contributed by atoms with Crippen molar-refractivity contribution in [2.24, 2.45) is 5.41 Å². The molecule has 0 saturated carbocycles. The fourth-order valence-corrected chi connectivity index (χ4v) is 2.65. The van der Waals surface area contributed by atoms with Crippen LogP contribution in [0.25, 0.3) is 0 Å². The molecule has 2 N–H and O–H groups in total. The molecule has 1 saturated heterocycles. The SMILES string of the molecule is CC(C)(O)c1ccc(CC2(C#N)CCNCC2)cc1.Cl. The van der Waals surface area contributed by atoms with Crippen molar-refractivity contribution < 1.29 is 5.11 Å². The van der Waals surface area contributed by atoms with Gasteiger partial charge >= 0.3 is 0 Å². The van der Waals surface area contributed by atoms with Gasteiger partial charge in [-0.05, 0) is 57.3 Å². The van der Waals surface area contributed by atoms with Gasteiger partial charge in [0.1, 0.15) is 0 Å². The summed E-state index contributed by atoms with van der Waals surface area (Å²) in [6.45, 7) is 5.42. The van der Waals surface area contributed by atoms with Crippen molar-refractivity contribution in [3.63, 3.8) is 0 Å². The third-order valence-electron chi connectivity index (χ3n) is 4.00. The van der Waals surface area contributed by atoms with E-state index in [2.05, 4.69) is 11.4 Å². The maximum atomic E-state index is 9.94. The standard InChI is InChI=1S/C16H22N2O.ClH/c1-15(2,19)14-5-3-13(4-6-14)11-16(12-17)7-9-18-10-8-16;/h3-6,18-19H,7-11H2,1-2H3;1H.